The summed E-state index contributed by atoms with van der Waals surface area (Å²) in [5, 5.41) is 18.6. The monoisotopic (exact) mass is 629 g/mol. The van der Waals surface area contributed by atoms with Gasteiger partial charge in [0.05, 0.1) is 35.7 Å². The third-order valence-electron chi connectivity index (χ3n) is 7.38. The Morgan fingerprint density at radius 1 is 1.14 bits per heavy atom. The molecule has 0 bridgehead atoms. The molecule has 4 amide bonds. The number of nitrogens with zero attached hydrogens (tertiary/aromatic N) is 2. The smallest absolute Gasteiger partial charge is 0.306 e. The number of aliphatic hydroxyl groups is 1. The van der Waals surface area contributed by atoms with E-state index in [1.54, 1.807) is 16.8 Å². The second-order valence-corrected chi connectivity index (χ2v) is 12.8. The number of esters is 1. The van der Waals surface area contributed by atoms with Gasteiger partial charge in [0.25, 0.3) is 0 Å². The number of β-amino-alcohol motifs (C(OH)–C–C–N with tert-alkyl or cyclic N) is 1. The summed E-state index contributed by atoms with van der Waals surface area (Å²) < 4.78 is 4.56. The molecule has 0 spiro atoms. The van der Waals surface area contributed by atoms with Crippen molar-refractivity contribution in [3.8, 4) is 10.4 Å². The van der Waals surface area contributed by atoms with Gasteiger partial charge in [-0.3, -0.25) is 24.0 Å². The van der Waals surface area contributed by atoms with E-state index in [-0.39, 0.29) is 38.3 Å². The van der Waals surface area contributed by atoms with E-state index in [9.17, 15) is 29.1 Å². The Morgan fingerprint density at radius 2 is 1.82 bits per heavy atom. The summed E-state index contributed by atoms with van der Waals surface area (Å²) in [6, 6.07) is 5.91. The lowest BCUT2D eigenvalue weighted by Crippen LogP contribution is -2.61. The number of aromatic nitrogens is 1. The van der Waals surface area contributed by atoms with Gasteiger partial charge in [-0.1, -0.05) is 38.1 Å². The number of carbonyl (C=O) groups is 5. The maximum atomic E-state index is 13.7. The molecular formula is C31H43N5O7S. The van der Waals surface area contributed by atoms with Crippen LogP contribution in [-0.2, 0) is 35.3 Å². The van der Waals surface area contributed by atoms with Gasteiger partial charge in [-0.15, -0.1) is 11.3 Å². The highest BCUT2D eigenvalue weighted by molar-refractivity contribution is 7.13. The molecule has 13 heteroatoms. The summed E-state index contributed by atoms with van der Waals surface area (Å²) in [5.41, 5.74) is 3.22. The Bertz CT molecular complexity index is 1340. The van der Waals surface area contributed by atoms with E-state index in [4.69, 9.17) is 0 Å². The minimum absolute atomic E-state index is 0.0419. The number of aliphatic hydroxyl groups excluding tert-OH is 1. The molecular weight excluding hydrogens is 586 g/mol. The molecule has 0 aliphatic carbocycles. The van der Waals surface area contributed by atoms with Crippen molar-refractivity contribution >= 4 is 40.9 Å². The van der Waals surface area contributed by atoms with Crippen LogP contribution in [0, 0.1) is 12.8 Å². The zero-order valence-electron chi connectivity index (χ0n) is 26.1. The highest BCUT2D eigenvalue weighted by Gasteiger charge is 2.45. The van der Waals surface area contributed by atoms with Crippen LogP contribution in [0.5, 0.6) is 0 Å². The van der Waals surface area contributed by atoms with Crippen LogP contribution in [0.25, 0.3) is 10.4 Å². The first kappa shape index (κ1) is 34.6. The van der Waals surface area contributed by atoms with Crippen LogP contribution < -0.4 is 16.0 Å². The van der Waals surface area contributed by atoms with Gasteiger partial charge in [0.2, 0.25) is 23.6 Å². The number of hydrogen-bond donors (Lipinski definition) is 4. The SMILES string of the molecule is COC(=O)CCC(=O)N[C@@H](CC(C)C)C(=O)NC(C)(C)C(=O)N1C[C@H](O)C[C@H]1C(=O)NCc1ccc(-c2scnc2C)cc1. The Labute approximate surface area is 261 Å². The number of benzene rings is 1. The molecule has 2 heterocycles. The second kappa shape index (κ2) is 15.2. The first-order valence-corrected chi connectivity index (χ1v) is 15.5. The summed E-state index contributed by atoms with van der Waals surface area (Å²) in [5.74, 6) is -2.50. The van der Waals surface area contributed by atoms with Gasteiger partial charge in [0, 0.05) is 25.9 Å². The highest BCUT2D eigenvalue weighted by Crippen LogP contribution is 2.27. The first-order valence-electron chi connectivity index (χ1n) is 14.7. The number of hydrogen-bond acceptors (Lipinski definition) is 9. The Morgan fingerprint density at radius 3 is 2.41 bits per heavy atom. The lowest BCUT2D eigenvalue weighted by atomic mass is 9.98. The number of rotatable bonds is 13. The van der Waals surface area contributed by atoms with Crippen LogP contribution >= 0.6 is 11.3 Å². The normalized spacial score (nSPS) is 17.2. The van der Waals surface area contributed by atoms with Crippen LogP contribution in [0.15, 0.2) is 29.8 Å². The Kier molecular flexibility index (Phi) is 12.0. The summed E-state index contributed by atoms with van der Waals surface area (Å²) in [6.07, 6.45) is -0.794. The molecule has 240 valence electrons. The third kappa shape index (κ3) is 9.33. The predicted molar refractivity (Wildman–Crippen MR) is 165 cm³/mol. The molecule has 1 saturated heterocycles. The lowest BCUT2D eigenvalue weighted by molar-refractivity contribution is -0.145. The van der Waals surface area contributed by atoms with Crippen LogP contribution in [-0.4, -0.2) is 82.0 Å². The van der Waals surface area contributed by atoms with Gasteiger partial charge in [-0.25, -0.2) is 4.98 Å². The molecule has 0 radical (unpaired) electrons. The topological polar surface area (TPSA) is 167 Å². The fourth-order valence-electron chi connectivity index (χ4n) is 5.04. The van der Waals surface area contributed by atoms with E-state index in [0.717, 1.165) is 21.7 Å². The number of methoxy groups -OCH3 is 1. The van der Waals surface area contributed by atoms with Crippen molar-refractivity contribution in [1.82, 2.24) is 25.8 Å². The number of aryl methyl sites for hydroxylation is 1. The second-order valence-electron chi connectivity index (χ2n) is 12.0. The molecule has 0 saturated carbocycles. The summed E-state index contributed by atoms with van der Waals surface area (Å²) >= 11 is 1.56. The van der Waals surface area contributed by atoms with Crippen molar-refractivity contribution in [3.63, 3.8) is 0 Å². The molecule has 1 aliphatic heterocycles. The summed E-state index contributed by atoms with van der Waals surface area (Å²) in [7, 11) is 1.23. The van der Waals surface area contributed by atoms with E-state index in [2.05, 4.69) is 25.7 Å². The Hall–Kier alpha value is -3.84. The molecule has 12 nitrogen and oxygen atoms in total. The van der Waals surface area contributed by atoms with E-state index < -0.39 is 53.3 Å². The molecule has 3 atom stereocenters. The molecule has 1 aromatic heterocycles. The van der Waals surface area contributed by atoms with Gasteiger partial charge in [0.15, 0.2) is 0 Å². The molecule has 4 N–H and O–H groups in total. The molecule has 2 aromatic rings. The number of amides is 4. The zero-order valence-corrected chi connectivity index (χ0v) is 27.0. The fourth-order valence-corrected chi connectivity index (χ4v) is 5.85. The summed E-state index contributed by atoms with van der Waals surface area (Å²) in [4.78, 5) is 70.7. The van der Waals surface area contributed by atoms with Crippen molar-refractivity contribution < 1.29 is 33.8 Å². The lowest BCUT2D eigenvalue weighted by Gasteiger charge is -2.34. The highest BCUT2D eigenvalue weighted by atomic mass is 32.1. The van der Waals surface area contributed by atoms with Crippen LogP contribution in [0.1, 0.15) is 64.6 Å². The van der Waals surface area contributed by atoms with Crippen molar-refractivity contribution in [3.05, 3.63) is 41.0 Å². The molecule has 1 fully saturated rings. The maximum Gasteiger partial charge on any atom is 0.306 e. The van der Waals surface area contributed by atoms with Gasteiger partial charge in [0.1, 0.15) is 17.6 Å². The quantitative estimate of drug-likeness (QED) is 0.244. The van der Waals surface area contributed by atoms with Crippen molar-refractivity contribution in [2.75, 3.05) is 13.7 Å². The molecule has 3 rings (SSSR count). The number of ether oxygens (including phenoxy) is 1. The van der Waals surface area contributed by atoms with Crippen molar-refractivity contribution in [1.29, 1.82) is 0 Å². The van der Waals surface area contributed by atoms with Crippen molar-refractivity contribution in [2.24, 2.45) is 5.92 Å². The van der Waals surface area contributed by atoms with E-state index >= 15 is 0 Å². The van der Waals surface area contributed by atoms with Crippen molar-refractivity contribution in [2.45, 2.75) is 90.6 Å². The standard InChI is InChI=1S/C31H43N5O7S/c1-18(2)13-23(34-25(38)11-12-26(39)43-6)28(40)35-31(4,5)30(42)36-16-22(37)14-24(36)29(41)32-15-20-7-9-21(10-8-20)27-19(3)33-17-44-27/h7-10,17-18,22-24,37H,11-16H2,1-6H3,(H,32,41)(H,34,38)(H,35,40)/t22-,23+,24+/m1/s1. The minimum atomic E-state index is -1.45. The number of nitrogens with one attached hydrogen (secondary N) is 3. The largest absolute Gasteiger partial charge is 0.469 e. The van der Waals surface area contributed by atoms with Crippen LogP contribution in [0.4, 0.5) is 0 Å². The van der Waals surface area contributed by atoms with Gasteiger partial charge < -0.3 is 30.7 Å². The minimum Gasteiger partial charge on any atom is -0.469 e. The molecule has 0 unspecified atom stereocenters. The fraction of sp³-hybridized carbons (Fsp3) is 0.548. The zero-order chi connectivity index (χ0) is 32.6. The van der Waals surface area contributed by atoms with Crippen LogP contribution in [0.3, 0.4) is 0 Å². The van der Waals surface area contributed by atoms with Gasteiger partial charge in [-0.2, -0.15) is 0 Å². The predicted octanol–water partition coefficient (Wildman–Crippen LogP) is 2.08. The summed E-state index contributed by atoms with van der Waals surface area (Å²) in [6.45, 7) is 8.95. The average Bonchev–Trinajstić information content (AvgIpc) is 3.58. The van der Waals surface area contributed by atoms with E-state index in [1.165, 1.54) is 25.9 Å². The van der Waals surface area contributed by atoms with Crippen LogP contribution in [0.2, 0.25) is 0 Å². The van der Waals surface area contributed by atoms with Gasteiger partial charge in [-0.05, 0) is 44.2 Å². The number of likely N-dealkylation sites (tertiary alicyclic amines) is 1. The van der Waals surface area contributed by atoms with E-state index in [1.807, 2.05) is 45.0 Å². The Balaban J connectivity index is 1.63. The maximum absolute atomic E-state index is 13.7. The van der Waals surface area contributed by atoms with E-state index in [0.29, 0.717) is 6.42 Å². The molecule has 1 aromatic carbocycles. The third-order valence-corrected chi connectivity index (χ3v) is 8.36. The molecule has 44 heavy (non-hydrogen) atoms. The number of carbonyl (C=O) groups excluding carboxylic acids is 5. The number of thiazole rings is 1. The molecule has 1 aliphatic rings. The van der Waals surface area contributed by atoms with Gasteiger partial charge >= 0.3 is 5.97 Å². The average molecular weight is 630 g/mol. The first-order chi connectivity index (χ1) is 20.7.